The number of rotatable bonds is 14. The van der Waals surface area contributed by atoms with E-state index in [1.807, 2.05) is 30.3 Å². The van der Waals surface area contributed by atoms with Gasteiger partial charge in [0.05, 0.1) is 19.6 Å². The minimum Gasteiger partial charge on any atom is -0.494 e. The lowest BCUT2D eigenvalue weighted by molar-refractivity contribution is -0.143. The van der Waals surface area contributed by atoms with Crippen molar-refractivity contribution in [1.82, 2.24) is 10.2 Å². The maximum Gasteiger partial charge on any atom is 0.307 e. The van der Waals surface area contributed by atoms with Crippen molar-refractivity contribution in [2.45, 2.75) is 58.9 Å². The summed E-state index contributed by atoms with van der Waals surface area (Å²) in [4.78, 5) is 26.4. The number of nitrogens with zero attached hydrogens (tertiary/aromatic N) is 1. The van der Waals surface area contributed by atoms with Crippen LogP contribution >= 0.6 is 12.2 Å². The van der Waals surface area contributed by atoms with Crippen molar-refractivity contribution in [2.75, 3.05) is 19.8 Å². The summed E-state index contributed by atoms with van der Waals surface area (Å²) in [7, 11) is 0. The smallest absolute Gasteiger partial charge is 0.307 e. The molecular weight excluding hydrogens is 448 g/mol. The van der Waals surface area contributed by atoms with Crippen molar-refractivity contribution in [3.05, 3.63) is 65.7 Å². The zero-order valence-electron chi connectivity index (χ0n) is 20.3. The first-order chi connectivity index (χ1) is 16.5. The van der Waals surface area contributed by atoms with Gasteiger partial charge in [-0.2, -0.15) is 0 Å². The Bertz CT molecular complexity index is 887. The minimum atomic E-state index is -0.301. The van der Waals surface area contributed by atoms with E-state index in [4.69, 9.17) is 21.7 Å². The highest BCUT2D eigenvalue weighted by molar-refractivity contribution is 7.80. The molecule has 2 aromatic rings. The van der Waals surface area contributed by atoms with E-state index in [1.54, 1.807) is 36.1 Å². The van der Waals surface area contributed by atoms with E-state index in [0.717, 1.165) is 17.7 Å². The van der Waals surface area contributed by atoms with Gasteiger partial charge >= 0.3 is 5.97 Å². The van der Waals surface area contributed by atoms with Crippen LogP contribution in [0.3, 0.4) is 0 Å². The normalized spacial score (nSPS) is 10.4. The zero-order chi connectivity index (χ0) is 24.6. The molecule has 0 fully saturated rings. The molecule has 0 heterocycles. The van der Waals surface area contributed by atoms with Crippen LogP contribution in [-0.4, -0.2) is 41.6 Å². The molecule has 0 aliphatic heterocycles. The minimum absolute atomic E-state index is 0.182. The summed E-state index contributed by atoms with van der Waals surface area (Å²) in [5.74, 6) is 0.149. The van der Waals surface area contributed by atoms with Gasteiger partial charge in [-0.1, -0.05) is 62.9 Å². The van der Waals surface area contributed by atoms with Gasteiger partial charge in [0.25, 0.3) is 5.91 Å². The molecule has 0 aliphatic rings. The van der Waals surface area contributed by atoms with Gasteiger partial charge in [0.2, 0.25) is 0 Å². The molecule has 34 heavy (non-hydrogen) atoms. The van der Waals surface area contributed by atoms with E-state index in [0.29, 0.717) is 31.9 Å². The monoisotopic (exact) mass is 484 g/mol. The van der Waals surface area contributed by atoms with Gasteiger partial charge in [-0.3, -0.25) is 14.9 Å². The Hall–Kier alpha value is -2.93. The van der Waals surface area contributed by atoms with Gasteiger partial charge in [0, 0.05) is 18.7 Å². The number of amides is 1. The Balaban J connectivity index is 1.91. The van der Waals surface area contributed by atoms with E-state index in [2.05, 4.69) is 12.2 Å². The van der Waals surface area contributed by atoms with E-state index in [-0.39, 0.29) is 23.4 Å². The van der Waals surface area contributed by atoms with Crippen molar-refractivity contribution in [3.8, 4) is 5.75 Å². The highest BCUT2D eigenvalue weighted by Gasteiger charge is 2.16. The zero-order valence-corrected chi connectivity index (χ0v) is 21.1. The lowest BCUT2D eigenvalue weighted by Gasteiger charge is -2.25. The predicted molar refractivity (Wildman–Crippen MR) is 139 cm³/mol. The Labute approximate surface area is 208 Å². The summed E-state index contributed by atoms with van der Waals surface area (Å²) in [5.41, 5.74) is 1.52. The van der Waals surface area contributed by atoms with Crippen LogP contribution in [0.2, 0.25) is 0 Å². The third-order valence-corrected chi connectivity index (χ3v) is 5.61. The second kappa shape index (κ2) is 15.8. The Kier molecular flexibility index (Phi) is 12.7. The van der Waals surface area contributed by atoms with Crippen molar-refractivity contribution in [2.24, 2.45) is 0 Å². The molecule has 0 atom stereocenters. The van der Waals surface area contributed by atoms with E-state index in [1.165, 1.54) is 25.7 Å². The standard InChI is InChI=1S/C27H36N2O4S/c1-3-5-6-7-11-20-33-24-16-14-23(15-17-24)26(31)28-27(34)29(19-18-25(30)32-4-2)21-22-12-9-8-10-13-22/h8-10,12-17H,3-7,11,18-21H2,1-2H3,(H,28,31,34). The van der Waals surface area contributed by atoms with Crippen molar-refractivity contribution >= 4 is 29.2 Å². The van der Waals surface area contributed by atoms with Gasteiger partial charge in [-0.05, 0) is 55.4 Å². The van der Waals surface area contributed by atoms with E-state index in [9.17, 15) is 9.59 Å². The second-order valence-corrected chi connectivity index (χ2v) is 8.40. The van der Waals surface area contributed by atoms with Crippen LogP contribution in [0.1, 0.15) is 68.3 Å². The molecule has 0 radical (unpaired) electrons. The molecule has 184 valence electrons. The topological polar surface area (TPSA) is 67.9 Å². The second-order valence-electron chi connectivity index (χ2n) is 8.01. The summed E-state index contributed by atoms with van der Waals surface area (Å²) in [6, 6.07) is 16.8. The largest absolute Gasteiger partial charge is 0.494 e. The summed E-state index contributed by atoms with van der Waals surface area (Å²) < 4.78 is 10.8. The fourth-order valence-electron chi connectivity index (χ4n) is 3.36. The quantitative estimate of drug-likeness (QED) is 0.217. The Morgan fingerprint density at radius 3 is 2.32 bits per heavy atom. The van der Waals surface area contributed by atoms with E-state index < -0.39 is 0 Å². The molecule has 1 N–H and O–H groups in total. The fraction of sp³-hybridized carbons (Fsp3) is 0.444. The number of nitrogens with one attached hydrogen (secondary N) is 1. The number of carbonyl (C=O) groups is 2. The number of unbranched alkanes of at least 4 members (excludes halogenated alkanes) is 4. The number of esters is 1. The average Bonchev–Trinajstić information content (AvgIpc) is 2.85. The van der Waals surface area contributed by atoms with Gasteiger partial charge in [-0.25, -0.2) is 0 Å². The summed E-state index contributed by atoms with van der Waals surface area (Å²) in [6.45, 7) is 5.80. The highest BCUT2D eigenvalue weighted by atomic mass is 32.1. The number of thiocarbonyl (C=S) groups is 1. The molecule has 6 nitrogen and oxygen atoms in total. The fourth-order valence-corrected chi connectivity index (χ4v) is 3.61. The van der Waals surface area contributed by atoms with Crippen LogP contribution in [0.25, 0.3) is 0 Å². The molecule has 0 unspecified atom stereocenters. The van der Waals surface area contributed by atoms with Crippen molar-refractivity contribution in [1.29, 1.82) is 0 Å². The number of carbonyl (C=O) groups excluding carboxylic acids is 2. The molecule has 1 amide bonds. The van der Waals surface area contributed by atoms with Crippen LogP contribution < -0.4 is 10.1 Å². The highest BCUT2D eigenvalue weighted by Crippen LogP contribution is 2.14. The number of benzene rings is 2. The number of hydrogen-bond donors (Lipinski definition) is 1. The Morgan fingerprint density at radius 2 is 1.65 bits per heavy atom. The lowest BCUT2D eigenvalue weighted by Crippen LogP contribution is -2.43. The summed E-state index contributed by atoms with van der Waals surface area (Å²) in [6.07, 6.45) is 6.10. The molecule has 2 rings (SSSR count). The van der Waals surface area contributed by atoms with E-state index >= 15 is 0 Å². The third-order valence-electron chi connectivity index (χ3n) is 5.25. The maximum atomic E-state index is 12.8. The third kappa shape index (κ3) is 10.3. The summed E-state index contributed by atoms with van der Waals surface area (Å²) >= 11 is 5.51. The van der Waals surface area contributed by atoms with Crippen LogP contribution in [0.5, 0.6) is 5.75 Å². The van der Waals surface area contributed by atoms with Gasteiger partial charge in [-0.15, -0.1) is 0 Å². The molecule has 0 spiro atoms. The molecule has 0 saturated carbocycles. The van der Waals surface area contributed by atoms with Crippen LogP contribution in [0.15, 0.2) is 54.6 Å². The first-order valence-electron chi connectivity index (χ1n) is 12.1. The SMILES string of the molecule is CCCCCCCOc1ccc(C(=O)NC(=S)N(CCC(=O)OCC)Cc2ccccc2)cc1. The first-order valence-corrected chi connectivity index (χ1v) is 12.5. The number of hydrogen-bond acceptors (Lipinski definition) is 5. The molecule has 0 bridgehead atoms. The lowest BCUT2D eigenvalue weighted by atomic mass is 10.2. The molecule has 7 heteroatoms. The first kappa shape index (κ1) is 27.3. The van der Waals surface area contributed by atoms with Crippen molar-refractivity contribution in [3.63, 3.8) is 0 Å². The Morgan fingerprint density at radius 1 is 0.941 bits per heavy atom. The molecular formula is C27H36N2O4S. The summed E-state index contributed by atoms with van der Waals surface area (Å²) in [5, 5.41) is 3.06. The number of ether oxygens (including phenoxy) is 2. The average molecular weight is 485 g/mol. The van der Waals surface area contributed by atoms with Gasteiger partial charge < -0.3 is 14.4 Å². The van der Waals surface area contributed by atoms with Crippen LogP contribution in [-0.2, 0) is 16.1 Å². The van der Waals surface area contributed by atoms with Crippen molar-refractivity contribution < 1.29 is 19.1 Å². The molecule has 0 aliphatic carbocycles. The predicted octanol–water partition coefficient (Wildman–Crippen LogP) is 5.51. The molecule has 2 aromatic carbocycles. The molecule has 0 saturated heterocycles. The molecule has 0 aromatic heterocycles. The van der Waals surface area contributed by atoms with Gasteiger partial charge in [0.1, 0.15) is 5.75 Å². The van der Waals surface area contributed by atoms with Crippen LogP contribution in [0, 0.1) is 0 Å². The van der Waals surface area contributed by atoms with Crippen LogP contribution in [0.4, 0.5) is 0 Å². The van der Waals surface area contributed by atoms with Gasteiger partial charge in [0.15, 0.2) is 5.11 Å². The maximum absolute atomic E-state index is 12.8.